The minimum atomic E-state index is -4.45. The van der Waals surface area contributed by atoms with E-state index in [9.17, 15) is 26.4 Å². The molecule has 3 heterocycles. The molecule has 0 aliphatic carbocycles. The predicted molar refractivity (Wildman–Crippen MR) is 127 cm³/mol. The van der Waals surface area contributed by atoms with Crippen LogP contribution in [0, 0.1) is 0 Å². The van der Waals surface area contributed by atoms with Crippen LogP contribution < -0.4 is 10.6 Å². The minimum absolute atomic E-state index is 0.0465. The molecule has 2 atom stereocenters. The van der Waals surface area contributed by atoms with Gasteiger partial charge in [0.25, 0.3) is 10.0 Å². The van der Waals surface area contributed by atoms with Crippen LogP contribution in [0.15, 0.2) is 51.7 Å². The molecule has 1 aromatic heterocycles. The van der Waals surface area contributed by atoms with E-state index in [4.69, 9.17) is 11.6 Å². The minimum Gasteiger partial charge on any atom is -0.371 e. The zero-order valence-corrected chi connectivity index (χ0v) is 21.1. The molecule has 1 fully saturated rings. The summed E-state index contributed by atoms with van der Waals surface area (Å²) in [6.07, 6.45) is -1.81. The fraction of sp³-hybridized carbons (Fsp3) is 0.381. The van der Waals surface area contributed by atoms with E-state index in [0.29, 0.717) is 22.7 Å². The molecular formula is C21H21ClF3N3O3S3. The van der Waals surface area contributed by atoms with E-state index in [0.717, 1.165) is 28.4 Å². The topological polar surface area (TPSA) is 78.5 Å². The highest BCUT2D eigenvalue weighted by Gasteiger charge is 2.42. The molecule has 184 valence electrons. The molecule has 6 nitrogen and oxygen atoms in total. The lowest BCUT2D eigenvalue weighted by Crippen LogP contribution is -2.50. The van der Waals surface area contributed by atoms with Gasteiger partial charge in [-0.3, -0.25) is 4.79 Å². The van der Waals surface area contributed by atoms with Gasteiger partial charge in [-0.2, -0.15) is 17.5 Å². The summed E-state index contributed by atoms with van der Waals surface area (Å²) in [5.41, 5.74) is -0.202. The van der Waals surface area contributed by atoms with Crippen molar-refractivity contribution in [2.45, 2.75) is 41.1 Å². The van der Waals surface area contributed by atoms with Crippen LogP contribution in [0.1, 0.15) is 30.9 Å². The number of benzene rings is 1. The number of rotatable bonds is 6. The van der Waals surface area contributed by atoms with Gasteiger partial charge in [-0.25, -0.2) is 8.42 Å². The maximum Gasteiger partial charge on any atom is 0.416 e. The molecule has 1 aromatic carbocycles. The second-order valence-electron chi connectivity index (χ2n) is 7.95. The Kier molecular flexibility index (Phi) is 7.00. The largest absolute Gasteiger partial charge is 0.416 e. The van der Waals surface area contributed by atoms with Gasteiger partial charge in [0.1, 0.15) is 15.1 Å². The van der Waals surface area contributed by atoms with Crippen LogP contribution in [-0.2, 0) is 25.9 Å². The fourth-order valence-corrected chi connectivity index (χ4v) is 8.44. The summed E-state index contributed by atoms with van der Waals surface area (Å²) in [6, 6.07) is 6.82. The number of halogens is 4. The number of alkyl halides is 3. The number of nitrogens with zero attached hydrogens (tertiary/aromatic N) is 1. The molecule has 0 bridgehead atoms. The van der Waals surface area contributed by atoms with Crippen LogP contribution in [0.4, 0.5) is 13.2 Å². The first kappa shape index (κ1) is 25.4. The number of allylic oxidation sites excluding steroid dienone is 1. The third kappa shape index (κ3) is 4.97. The summed E-state index contributed by atoms with van der Waals surface area (Å²) >= 11 is 8.21. The van der Waals surface area contributed by atoms with Crippen molar-refractivity contribution >= 4 is 50.6 Å². The van der Waals surface area contributed by atoms with Crippen molar-refractivity contribution in [1.29, 1.82) is 0 Å². The van der Waals surface area contributed by atoms with Crippen molar-refractivity contribution in [3.05, 3.63) is 63.0 Å². The molecule has 0 spiro atoms. The molecule has 1 amide bonds. The number of hydrogen-bond acceptors (Lipinski definition) is 6. The van der Waals surface area contributed by atoms with Crippen LogP contribution in [0.5, 0.6) is 0 Å². The highest BCUT2D eigenvalue weighted by molar-refractivity contribution is 8.04. The van der Waals surface area contributed by atoms with Gasteiger partial charge < -0.3 is 10.6 Å². The quantitative estimate of drug-likeness (QED) is 0.542. The molecule has 2 N–H and O–H groups in total. The molecule has 13 heteroatoms. The maximum atomic E-state index is 13.1. The summed E-state index contributed by atoms with van der Waals surface area (Å²) in [7, 11) is -3.88. The van der Waals surface area contributed by atoms with E-state index in [-0.39, 0.29) is 17.3 Å². The Labute approximate surface area is 208 Å². The number of thiophene rings is 1. The zero-order valence-electron chi connectivity index (χ0n) is 17.9. The van der Waals surface area contributed by atoms with Crippen molar-refractivity contribution in [2.24, 2.45) is 0 Å². The Morgan fingerprint density at radius 1 is 1.26 bits per heavy atom. The van der Waals surface area contributed by atoms with E-state index in [1.54, 1.807) is 6.20 Å². The number of sulfonamides is 1. The predicted octanol–water partition coefficient (Wildman–Crippen LogP) is 4.74. The molecular weight excluding hydrogens is 531 g/mol. The van der Waals surface area contributed by atoms with Crippen LogP contribution in [0.3, 0.4) is 0 Å². The average Bonchev–Trinajstić information content (AvgIpc) is 3.52. The maximum absolute atomic E-state index is 13.1. The number of carbonyl (C=O) groups is 1. The Balaban J connectivity index is 1.51. The summed E-state index contributed by atoms with van der Waals surface area (Å²) in [4.78, 5) is 13.1. The van der Waals surface area contributed by atoms with Gasteiger partial charge in [-0.15, -0.1) is 11.3 Å². The summed E-state index contributed by atoms with van der Waals surface area (Å²) in [5.74, 6) is -0.457. The normalized spacial score (nSPS) is 23.6. The molecule has 0 saturated carbocycles. The van der Waals surface area contributed by atoms with Gasteiger partial charge in [0.05, 0.1) is 16.4 Å². The van der Waals surface area contributed by atoms with Crippen molar-refractivity contribution in [3.63, 3.8) is 0 Å². The van der Waals surface area contributed by atoms with E-state index in [1.807, 2.05) is 6.92 Å². The molecule has 2 aliphatic heterocycles. The number of nitrogens with one attached hydrogen (secondary N) is 2. The van der Waals surface area contributed by atoms with Gasteiger partial charge in [0.2, 0.25) is 5.91 Å². The Bertz CT molecular complexity index is 1220. The van der Waals surface area contributed by atoms with Crippen LogP contribution in [0.25, 0.3) is 0 Å². The Hall–Kier alpha value is -1.73. The van der Waals surface area contributed by atoms with Crippen molar-refractivity contribution < 1.29 is 26.4 Å². The molecule has 34 heavy (non-hydrogen) atoms. The van der Waals surface area contributed by atoms with Crippen LogP contribution >= 0.6 is 34.7 Å². The molecule has 2 aliphatic rings. The zero-order chi connectivity index (χ0) is 24.7. The lowest BCUT2D eigenvalue weighted by Gasteiger charge is -2.32. The van der Waals surface area contributed by atoms with E-state index >= 15 is 0 Å². The smallest absolute Gasteiger partial charge is 0.371 e. The van der Waals surface area contributed by atoms with Gasteiger partial charge >= 0.3 is 6.18 Å². The second-order valence-corrected chi connectivity index (χ2v) is 13.3. The lowest BCUT2D eigenvalue weighted by molar-refractivity contribution is -0.137. The van der Waals surface area contributed by atoms with Crippen molar-refractivity contribution in [3.8, 4) is 0 Å². The first-order valence-corrected chi connectivity index (χ1v) is 13.7. The third-order valence-electron chi connectivity index (χ3n) is 5.65. The van der Waals surface area contributed by atoms with Gasteiger partial charge in [-0.05, 0) is 49.6 Å². The van der Waals surface area contributed by atoms with Crippen LogP contribution in [0.2, 0.25) is 4.34 Å². The van der Waals surface area contributed by atoms with Crippen LogP contribution in [-0.4, -0.2) is 37.8 Å². The van der Waals surface area contributed by atoms with Gasteiger partial charge in [0.15, 0.2) is 0 Å². The molecule has 1 saturated heterocycles. The number of hydrogen-bond donors (Lipinski definition) is 2. The second kappa shape index (κ2) is 9.38. The Morgan fingerprint density at radius 2 is 1.97 bits per heavy atom. The highest BCUT2D eigenvalue weighted by atomic mass is 35.5. The highest BCUT2D eigenvalue weighted by Crippen LogP contribution is 2.43. The van der Waals surface area contributed by atoms with Crippen molar-refractivity contribution in [1.82, 2.24) is 14.9 Å². The van der Waals surface area contributed by atoms with Gasteiger partial charge in [0, 0.05) is 17.6 Å². The molecule has 4 rings (SSSR count). The number of thioether (sulfide) groups is 1. The van der Waals surface area contributed by atoms with E-state index in [1.165, 1.54) is 40.3 Å². The summed E-state index contributed by atoms with van der Waals surface area (Å²) in [6.45, 7) is 2.11. The molecule has 2 aromatic rings. The van der Waals surface area contributed by atoms with Gasteiger partial charge in [-0.1, -0.05) is 35.5 Å². The number of carbonyl (C=O) groups excluding carboxylic acids is 1. The standard InChI is InChI=1S/C21H21ClF3N3O3S3/c1-13-11-27-20(33-13,14-4-6-15(7-5-14)21(23,24)25)12-26-19(29)16-3-2-10-28(16)34(30,31)18-9-8-17(22)32-18/h4-9,11,16,27H,2-3,10,12H2,1H3,(H,26,29)/t16-,20?/m0/s1. The fourth-order valence-electron chi connectivity index (χ4n) is 3.98. The SMILES string of the molecule is CC1=CNC(CNC(=O)[C@@H]2CCCN2S(=O)(=O)c2ccc(Cl)s2)(c2ccc(C(F)(F)F)cc2)S1. The first-order valence-electron chi connectivity index (χ1n) is 10.3. The molecule has 0 radical (unpaired) electrons. The Morgan fingerprint density at radius 3 is 2.53 bits per heavy atom. The van der Waals surface area contributed by atoms with E-state index < -0.39 is 38.6 Å². The monoisotopic (exact) mass is 551 g/mol. The molecule has 1 unspecified atom stereocenters. The summed E-state index contributed by atoms with van der Waals surface area (Å²) < 4.78 is 66.7. The summed E-state index contributed by atoms with van der Waals surface area (Å²) in [5, 5.41) is 5.99. The lowest BCUT2D eigenvalue weighted by atomic mass is 10.0. The van der Waals surface area contributed by atoms with Crippen molar-refractivity contribution in [2.75, 3.05) is 13.1 Å². The van der Waals surface area contributed by atoms with E-state index in [2.05, 4.69) is 10.6 Å². The average molecular weight is 552 g/mol. The third-order valence-corrected chi connectivity index (χ3v) is 10.5. The number of amides is 1. The first-order chi connectivity index (χ1) is 15.9.